The van der Waals surface area contributed by atoms with E-state index in [1.807, 2.05) is 5.32 Å². The molecular weight excluding hydrogens is 220 g/mol. The quantitative estimate of drug-likeness (QED) is 0.764. The molecule has 1 amide bonds. The number of amides is 1. The zero-order valence-electron chi connectivity index (χ0n) is 9.80. The Balaban J connectivity index is 4.83. The highest BCUT2D eigenvalue weighted by atomic mass is 19.3. The predicted molar refractivity (Wildman–Crippen MR) is 54.3 cm³/mol. The van der Waals surface area contributed by atoms with Crippen LogP contribution in [0.15, 0.2) is 0 Å². The predicted octanol–water partition coefficient (Wildman–Crippen LogP) is 1.65. The smallest absolute Gasteiger partial charge is 0.329 e. The van der Waals surface area contributed by atoms with Crippen LogP contribution in [0.3, 0.4) is 0 Å². The van der Waals surface area contributed by atoms with Gasteiger partial charge in [0.2, 0.25) is 0 Å². The second kappa shape index (κ2) is 4.76. The molecule has 4 nitrogen and oxygen atoms in total. The van der Waals surface area contributed by atoms with Crippen LogP contribution in [0.1, 0.15) is 34.1 Å². The summed E-state index contributed by atoms with van der Waals surface area (Å²) in [5.74, 6) is -6.50. The number of alkyl halides is 2. The van der Waals surface area contributed by atoms with Crippen molar-refractivity contribution in [3.8, 4) is 0 Å². The van der Waals surface area contributed by atoms with E-state index in [1.54, 1.807) is 13.8 Å². The Hall–Kier alpha value is -1.20. The van der Waals surface area contributed by atoms with Crippen molar-refractivity contribution in [2.24, 2.45) is 5.92 Å². The average molecular weight is 237 g/mol. The van der Waals surface area contributed by atoms with Crippen molar-refractivity contribution in [3.05, 3.63) is 0 Å². The van der Waals surface area contributed by atoms with Gasteiger partial charge < -0.3 is 10.4 Å². The summed E-state index contributed by atoms with van der Waals surface area (Å²) in [6.07, 6.45) is 0.0875. The first-order chi connectivity index (χ1) is 6.99. The molecule has 0 radical (unpaired) electrons. The van der Waals surface area contributed by atoms with Gasteiger partial charge in [-0.25, -0.2) is 4.79 Å². The van der Waals surface area contributed by atoms with Gasteiger partial charge in [0.25, 0.3) is 5.91 Å². The molecule has 0 saturated carbocycles. The van der Waals surface area contributed by atoms with Crippen LogP contribution in [0.4, 0.5) is 8.78 Å². The van der Waals surface area contributed by atoms with E-state index in [-0.39, 0.29) is 12.3 Å². The minimum atomic E-state index is -3.58. The van der Waals surface area contributed by atoms with E-state index in [9.17, 15) is 18.4 Å². The maximum Gasteiger partial charge on any atom is 0.329 e. The van der Waals surface area contributed by atoms with Crippen molar-refractivity contribution in [1.82, 2.24) is 5.32 Å². The second-order valence-electron chi connectivity index (χ2n) is 4.58. The Morgan fingerprint density at radius 1 is 1.31 bits per heavy atom. The Labute approximate surface area is 93.0 Å². The molecule has 0 aromatic rings. The SMILES string of the molecule is CC(C)CC(C)(NC(=O)C(C)(F)F)C(=O)O. The number of carboxylic acid groups (broad SMARTS) is 1. The first-order valence-electron chi connectivity index (χ1n) is 4.93. The number of rotatable bonds is 5. The van der Waals surface area contributed by atoms with Gasteiger partial charge in [0.1, 0.15) is 5.54 Å². The van der Waals surface area contributed by atoms with Crippen LogP contribution in [0.25, 0.3) is 0 Å². The first kappa shape index (κ1) is 14.8. The molecule has 1 unspecified atom stereocenters. The van der Waals surface area contributed by atoms with Crippen molar-refractivity contribution in [1.29, 1.82) is 0 Å². The van der Waals surface area contributed by atoms with Gasteiger partial charge in [-0.3, -0.25) is 4.79 Å². The summed E-state index contributed by atoms with van der Waals surface area (Å²) >= 11 is 0. The molecule has 0 aromatic heterocycles. The molecule has 0 fully saturated rings. The lowest BCUT2D eigenvalue weighted by Gasteiger charge is -2.29. The summed E-state index contributed by atoms with van der Waals surface area (Å²) < 4.78 is 25.3. The van der Waals surface area contributed by atoms with Crippen LogP contribution in [0.2, 0.25) is 0 Å². The number of carbonyl (C=O) groups excluding carboxylic acids is 1. The van der Waals surface area contributed by atoms with Crippen molar-refractivity contribution in [3.63, 3.8) is 0 Å². The fourth-order valence-corrected chi connectivity index (χ4v) is 1.37. The summed E-state index contributed by atoms with van der Waals surface area (Å²) in [6, 6.07) is 0. The first-order valence-corrected chi connectivity index (χ1v) is 4.93. The van der Waals surface area contributed by atoms with E-state index in [2.05, 4.69) is 0 Å². The van der Waals surface area contributed by atoms with Crippen LogP contribution in [0.5, 0.6) is 0 Å². The fourth-order valence-electron chi connectivity index (χ4n) is 1.37. The second-order valence-corrected chi connectivity index (χ2v) is 4.58. The molecule has 6 heteroatoms. The third-order valence-corrected chi connectivity index (χ3v) is 2.08. The van der Waals surface area contributed by atoms with Crippen LogP contribution >= 0.6 is 0 Å². The maximum atomic E-state index is 12.6. The molecule has 1 atom stereocenters. The van der Waals surface area contributed by atoms with E-state index in [0.29, 0.717) is 6.92 Å². The summed E-state index contributed by atoms with van der Waals surface area (Å²) in [6.45, 7) is 5.15. The van der Waals surface area contributed by atoms with Gasteiger partial charge in [0, 0.05) is 6.92 Å². The number of carbonyl (C=O) groups is 2. The minimum Gasteiger partial charge on any atom is -0.480 e. The van der Waals surface area contributed by atoms with Crippen molar-refractivity contribution >= 4 is 11.9 Å². The van der Waals surface area contributed by atoms with Crippen molar-refractivity contribution in [2.75, 3.05) is 0 Å². The molecule has 0 aliphatic heterocycles. The molecular formula is C10H17F2NO3. The summed E-state index contributed by atoms with van der Waals surface area (Å²) in [5.41, 5.74) is -1.66. The number of nitrogens with one attached hydrogen (secondary N) is 1. The van der Waals surface area contributed by atoms with Gasteiger partial charge in [-0.05, 0) is 19.3 Å². The molecule has 0 aromatic carbocycles. The Morgan fingerprint density at radius 2 is 1.75 bits per heavy atom. The normalized spacial score (nSPS) is 15.7. The van der Waals surface area contributed by atoms with Gasteiger partial charge >= 0.3 is 11.9 Å². The zero-order chi connectivity index (χ0) is 13.1. The van der Waals surface area contributed by atoms with Crippen LogP contribution in [-0.2, 0) is 9.59 Å². The number of halogens is 2. The maximum absolute atomic E-state index is 12.6. The van der Waals surface area contributed by atoms with E-state index in [0.717, 1.165) is 0 Å². The molecule has 0 rings (SSSR count). The minimum absolute atomic E-state index is 0.0353. The summed E-state index contributed by atoms with van der Waals surface area (Å²) in [5, 5.41) is 10.8. The van der Waals surface area contributed by atoms with Crippen LogP contribution < -0.4 is 5.32 Å². The Morgan fingerprint density at radius 3 is 2.00 bits per heavy atom. The van der Waals surface area contributed by atoms with Gasteiger partial charge in [-0.1, -0.05) is 13.8 Å². The Kier molecular flexibility index (Phi) is 4.40. The monoisotopic (exact) mass is 237 g/mol. The third kappa shape index (κ3) is 4.12. The molecule has 0 aliphatic rings. The van der Waals surface area contributed by atoms with Gasteiger partial charge in [-0.2, -0.15) is 8.78 Å². The molecule has 0 saturated heterocycles. The zero-order valence-corrected chi connectivity index (χ0v) is 9.80. The topological polar surface area (TPSA) is 66.4 Å². The largest absolute Gasteiger partial charge is 0.480 e. The van der Waals surface area contributed by atoms with E-state index < -0.39 is 23.3 Å². The molecule has 94 valence electrons. The highest BCUT2D eigenvalue weighted by molar-refractivity contribution is 5.89. The number of hydrogen-bond acceptors (Lipinski definition) is 2. The molecule has 0 heterocycles. The Bertz CT molecular complexity index is 286. The highest BCUT2D eigenvalue weighted by Gasteiger charge is 2.41. The van der Waals surface area contributed by atoms with Crippen molar-refractivity contribution < 1.29 is 23.5 Å². The van der Waals surface area contributed by atoms with E-state index in [4.69, 9.17) is 5.11 Å². The molecule has 0 bridgehead atoms. The lowest BCUT2D eigenvalue weighted by Crippen LogP contribution is -2.56. The highest BCUT2D eigenvalue weighted by Crippen LogP contribution is 2.20. The standard InChI is InChI=1S/C10H17F2NO3/c1-6(2)5-9(3,8(15)16)13-7(14)10(4,11)12/h6H,5H2,1-4H3,(H,13,14)(H,15,16). The molecule has 16 heavy (non-hydrogen) atoms. The third-order valence-electron chi connectivity index (χ3n) is 2.08. The number of carboxylic acids is 1. The summed E-state index contributed by atoms with van der Waals surface area (Å²) in [7, 11) is 0. The van der Waals surface area contributed by atoms with E-state index >= 15 is 0 Å². The molecule has 0 spiro atoms. The summed E-state index contributed by atoms with van der Waals surface area (Å²) in [4.78, 5) is 22.0. The molecule has 0 aliphatic carbocycles. The number of aliphatic carboxylic acids is 1. The van der Waals surface area contributed by atoms with Crippen LogP contribution in [0, 0.1) is 5.92 Å². The number of hydrogen-bond donors (Lipinski definition) is 2. The lowest BCUT2D eigenvalue weighted by atomic mass is 9.90. The van der Waals surface area contributed by atoms with Crippen molar-refractivity contribution in [2.45, 2.75) is 45.6 Å². The van der Waals surface area contributed by atoms with Gasteiger partial charge in [0.15, 0.2) is 0 Å². The van der Waals surface area contributed by atoms with E-state index in [1.165, 1.54) is 6.92 Å². The van der Waals surface area contributed by atoms with Gasteiger partial charge in [-0.15, -0.1) is 0 Å². The average Bonchev–Trinajstić information content (AvgIpc) is 1.99. The molecule has 2 N–H and O–H groups in total. The van der Waals surface area contributed by atoms with Crippen LogP contribution in [-0.4, -0.2) is 28.4 Å². The van der Waals surface area contributed by atoms with Gasteiger partial charge in [0.05, 0.1) is 0 Å². The fraction of sp³-hybridized carbons (Fsp3) is 0.800. The lowest BCUT2D eigenvalue weighted by molar-refractivity contribution is -0.154.